The number of rotatable bonds is 4. The van der Waals surface area contributed by atoms with Crippen LogP contribution in [0.3, 0.4) is 0 Å². The maximum Gasteiger partial charge on any atom is 0.166 e. The Labute approximate surface area is 151 Å². The van der Waals surface area contributed by atoms with Crippen LogP contribution in [0.4, 0.5) is 5.82 Å². The number of pyridine rings is 1. The number of halogens is 1. The number of alkyl halides is 1. The lowest BCUT2D eigenvalue weighted by molar-refractivity contribution is 1.06. The summed E-state index contributed by atoms with van der Waals surface area (Å²) in [6.45, 7) is 2.78. The van der Waals surface area contributed by atoms with Crippen molar-refractivity contribution in [3.63, 3.8) is 0 Å². The molecular weight excluding hydrogens is 419 g/mol. The van der Waals surface area contributed by atoms with Crippen molar-refractivity contribution in [1.82, 2.24) is 15.2 Å². The van der Waals surface area contributed by atoms with E-state index in [1.54, 1.807) is 11.3 Å². The smallest absolute Gasteiger partial charge is 0.166 e. The first-order chi connectivity index (χ1) is 11.2. The second-order valence-electron chi connectivity index (χ2n) is 5.49. The Morgan fingerprint density at radius 3 is 2.70 bits per heavy atom. The molecule has 0 aliphatic carbocycles. The zero-order valence-corrected chi connectivity index (χ0v) is 15.5. The molecule has 0 saturated heterocycles. The maximum absolute atomic E-state index is 4.61. The Morgan fingerprint density at radius 1 is 1.13 bits per heavy atom. The van der Waals surface area contributed by atoms with Gasteiger partial charge < -0.3 is 5.32 Å². The summed E-state index contributed by atoms with van der Waals surface area (Å²) in [5, 5.41) is 12.1. The van der Waals surface area contributed by atoms with Gasteiger partial charge in [0.1, 0.15) is 4.83 Å². The number of aryl methyl sites for hydroxylation is 1. The predicted molar refractivity (Wildman–Crippen MR) is 106 cm³/mol. The molecule has 0 bridgehead atoms. The van der Waals surface area contributed by atoms with Gasteiger partial charge in [0.15, 0.2) is 5.82 Å². The molecule has 0 spiro atoms. The zero-order chi connectivity index (χ0) is 15.8. The lowest BCUT2D eigenvalue weighted by atomic mass is 10.1. The van der Waals surface area contributed by atoms with E-state index in [9.17, 15) is 0 Å². The first-order valence-electron chi connectivity index (χ1n) is 7.36. The number of aromatic amines is 1. The number of fused-ring (bicyclic) bond motifs is 3. The van der Waals surface area contributed by atoms with E-state index in [2.05, 4.69) is 73.4 Å². The average molecular weight is 434 g/mol. The van der Waals surface area contributed by atoms with Gasteiger partial charge in [0.05, 0.1) is 10.2 Å². The van der Waals surface area contributed by atoms with E-state index in [0.717, 1.165) is 42.9 Å². The quantitative estimate of drug-likeness (QED) is 0.350. The van der Waals surface area contributed by atoms with Crippen LogP contribution < -0.4 is 5.32 Å². The summed E-state index contributed by atoms with van der Waals surface area (Å²) in [4.78, 5) is 5.66. The minimum atomic E-state index is 0.766. The molecule has 0 unspecified atom stereocenters. The van der Waals surface area contributed by atoms with Crippen molar-refractivity contribution in [3.05, 3.63) is 53.2 Å². The number of hydrogen-bond acceptors (Lipinski definition) is 4. The summed E-state index contributed by atoms with van der Waals surface area (Å²) in [6.07, 6.45) is 0. The third kappa shape index (κ3) is 2.81. The molecule has 1 aromatic carbocycles. The van der Waals surface area contributed by atoms with Crippen LogP contribution in [0.5, 0.6) is 0 Å². The van der Waals surface area contributed by atoms with Crippen molar-refractivity contribution in [2.45, 2.75) is 17.9 Å². The van der Waals surface area contributed by atoms with Crippen molar-refractivity contribution >= 4 is 60.2 Å². The Kier molecular flexibility index (Phi) is 3.94. The fourth-order valence-corrected chi connectivity index (χ4v) is 4.21. The lowest BCUT2D eigenvalue weighted by Crippen LogP contribution is -1.99. The van der Waals surface area contributed by atoms with Gasteiger partial charge in [-0.1, -0.05) is 46.9 Å². The van der Waals surface area contributed by atoms with Gasteiger partial charge in [0.2, 0.25) is 0 Å². The average Bonchev–Trinajstić information content (AvgIpc) is 3.12. The van der Waals surface area contributed by atoms with Gasteiger partial charge in [0.25, 0.3) is 0 Å². The standard InChI is InChI=1S/C17H15IN4S/c1-10-2-7-13-14-15(23-17(13)20-10)16(22-21-14)19-9-12-5-3-11(8-18)4-6-12/h2-7H,8-9H2,1H3,(H2,19,21,22). The van der Waals surface area contributed by atoms with Gasteiger partial charge in [0, 0.05) is 22.1 Å². The molecule has 0 aliphatic heterocycles. The molecule has 116 valence electrons. The molecule has 0 amide bonds. The van der Waals surface area contributed by atoms with Gasteiger partial charge in [-0.25, -0.2) is 4.98 Å². The van der Waals surface area contributed by atoms with Gasteiger partial charge in [-0.05, 0) is 30.2 Å². The Morgan fingerprint density at radius 2 is 1.91 bits per heavy atom. The van der Waals surface area contributed by atoms with Crippen molar-refractivity contribution in [2.24, 2.45) is 0 Å². The van der Waals surface area contributed by atoms with Crippen molar-refractivity contribution < 1.29 is 0 Å². The zero-order valence-electron chi connectivity index (χ0n) is 12.6. The van der Waals surface area contributed by atoms with Crippen molar-refractivity contribution in [1.29, 1.82) is 0 Å². The lowest BCUT2D eigenvalue weighted by Gasteiger charge is -2.04. The molecule has 23 heavy (non-hydrogen) atoms. The molecule has 4 rings (SSSR count). The summed E-state index contributed by atoms with van der Waals surface area (Å²) in [5.41, 5.74) is 4.71. The van der Waals surface area contributed by atoms with Crippen molar-refractivity contribution in [3.8, 4) is 0 Å². The molecule has 0 radical (unpaired) electrons. The Balaban J connectivity index is 1.62. The number of nitrogens with zero attached hydrogens (tertiary/aromatic N) is 2. The van der Waals surface area contributed by atoms with E-state index in [1.807, 2.05) is 13.0 Å². The van der Waals surface area contributed by atoms with E-state index >= 15 is 0 Å². The van der Waals surface area contributed by atoms with Crippen LogP contribution >= 0.6 is 33.9 Å². The highest BCUT2D eigenvalue weighted by molar-refractivity contribution is 14.1. The van der Waals surface area contributed by atoms with Crippen LogP contribution in [0.25, 0.3) is 20.4 Å². The van der Waals surface area contributed by atoms with Crippen LogP contribution in [0.2, 0.25) is 0 Å². The third-order valence-corrected chi connectivity index (χ3v) is 5.81. The van der Waals surface area contributed by atoms with Crippen molar-refractivity contribution in [2.75, 3.05) is 5.32 Å². The number of benzene rings is 1. The van der Waals surface area contributed by atoms with E-state index in [4.69, 9.17) is 0 Å². The fraction of sp³-hybridized carbons (Fsp3) is 0.176. The fourth-order valence-electron chi connectivity index (χ4n) is 2.56. The first kappa shape index (κ1) is 14.9. The highest BCUT2D eigenvalue weighted by Gasteiger charge is 2.13. The Bertz CT molecular complexity index is 972. The SMILES string of the molecule is Cc1ccc2c(n1)sc1c(NCc3ccc(CI)cc3)n[nH]c12. The molecule has 0 saturated carbocycles. The first-order valence-corrected chi connectivity index (χ1v) is 9.70. The van der Waals surface area contributed by atoms with E-state index in [0.29, 0.717) is 0 Å². The number of H-pyrrole nitrogens is 1. The van der Waals surface area contributed by atoms with E-state index in [1.165, 1.54) is 11.1 Å². The molecule has 0 aliphatic rings. The predicted octanol–water partition coefficient (Wildman–Crippen LogP) is 5.03. The van der Waals surface area contributed by atoms with Gasteiger partial charge >= 0.3 is 0 Å². The van der Waals surface area contributed by atoms with E-state index in [-0.39, 0.29) is 0 Å². The van der Waals surface area contributed by atoms with Gasteiger partial charge in [-0.15, -0.1) is 11.3 Å². The third-order valence-electron chi connectivity index (χ3n) is 3.83. The van der Waals surface area contributed by atoms with Crippen LogP contribution in [0.15, 0.2) is 36.4 Å². The molecule has 3 heterocycles. The van der Waals surface area contributed by atoms with E-state index < -0.39 is 0 Å². The topological polar surface area (TPSA) is 53.6 Å². The highest BCUT2D eigenvalue weighted by atomic mass is 127. The number of aromatic nitrogens is 3. The summed E-state index contributed by atoms with van der Waals surface area (Å²) >= 11 is 4.06. The summed E-state index contributed by atoms with van der Waals surface area (Å²) in [7, 11) is 0. The van der Waals surface area contributed by atoms with Gasteiger partial charge in [-0.2, -0.15) is 5.10 Å². The Hall–Kier alpha value is -1.67. The summed E-state index contributed by atoms with van der Waals surface area (Å²) < 4.78 is 2.18. The maximum atomic E-state index is 4.61. The normalized spacial score (nSPS) is 11.4. The molecule has 0 atom stereocenters. The van der Waals surface area contributed by atoms with Crippen LogP contribution in [0, 0.1) is 6.92 Å². The molecular formula is C17H15IN4S. The highest BCUT2D eigenvalue weighted by Crippen LogP contribution is 2.35. The monoisotopic (exact) mass is 434 g/mol. The molecule has 6 heteroatoms. The number of hydrogen-bond donors (Lipinski definition) is 2. The summed E-state index contributed by atoms with van der Waals surface area (Å²) in [6, 6.07) is 12.8. The number of thiophene rings is 1. The van der Waals surface area contributed by atoms with Crippen LogP contribution in [0.1, 0.15) is 16.8 Å². The van der Waals surface area contributed by atoms with Crippen LogP contribution in [-0.2, 0) is 11.0 Å². The minimum absolute atomic E-state index is 0.766. The molecule has 2 N–H and O–H groups in total. The second kappa shape index (κ2) is 6.09. The second-order valence-corrected chi connectivity index (χ2v) is 7.25. The number of nitrogens with one attached hydrogen (secondary N) is 2. The van der Waals surface area contributed by atoms with Crippen LogP contribution in [-0.4, -0.2) is 15.2 Å². The largest absolute Gasteiger partial charge is 0.363 e. The molecule has 0 fully saturated rings. The van der Waals surface area contributed by atoms with Gasteiger partial charge in [-0.3, -0.25) is 5.10 Å². The summed E-state index contributed by atoms with van der Waals surface area (Å²) in [5.74, 6) is 0.902. The number of anilines is 1. The minimum Gasteiger partial charge on any atom is -0.363 e. The molecule has 4 aromatic rings. The molecule has 3 aromatic heterocycles. The molecule has 4 nitrogen and oxygen atoms in total.